The van der Waals surface area contributed by atoms with E-state index in [2.05, 4.69) is 15.3 Å². The van der Waals surface area contributed by atoms with Crippen molar-refractivity contribution < 1.29 is 4.39 Å². The number of nitrogens with zero attached hydrogens (tertiary/aromatic N) is 3. The summed E-state index contributed by atoms with van der Waals surface area (Å²) in [6, 6.07) is 7.57. The standard InChI is InChI=1S/C11H6ClFN4/c12-10-4-11(16-6-15-10)17-9-3-1-2-8(13)7(9)5-14/h1-4,6H,(H,15,16,17). The fourth-order valence-electron chi connectivity index (χ4n) is 1.28. The van der Waals surface area contributed by atoms with Crippen molar-refractivity contribution >= 4 is 23.1 Å². The summed E-state index contributed by atoms with van der Waals surface area (Å²) in [4.78, 5) is 7.62. The zero-order valence-corrected chi connectivity index (χ0v) is 9.24. The van der Waals surface area contributed by atoms with Crippen LogP contribution in [-0.4, -0.2) is 9.97 Å². The molecule has 84 valence electrons. The van der Waals surface area contributed by atoms with Crippen LogP contribution >= 0.6 is 11.6 Å². The van der Waals surface area contributed by atoms with E-state index in [1.54, 1.807) is 12.1 Å². The highest BCUT2D eigenvalue weighted by Gasteiger charge is 2.08. The maximum absolute atomic E-state index is 13.3. The summed E-state index contributed by atoms with van der Waals surface area (Å²) in [6.07, 6.45) is 1.27. The van der Waals surface area contributed by atoms with Gasteiger partial charge in [-0.1, -0.05) is 17.7 Å². The molecule has 0 saturated heterocycles. The third-order valence-corrected chi connectivity index (χ3v) is 2.23. The molecular weight excluding hydrogens is 243 g/mol. The summed E-state index contributed by atoms with van der Waals surface area (Å²) in [5.74, 6) is -0.190. The Morgan fingerprint density at radius 3 is 2.88 bits per heavy atom. The fourth-order valence-corrected chi connectivity index (χ4v) is 1.43. The van der Waals surface area contributed by atoms with Crippen molar-refractivity contribution in [1.29, 1.82) is 5.26 Å². The van der Waals surface area contributed by atoms with Crippen molar-refractivity contribution in [1.82, 2.24) is 9.97 Å². The number of anilines is 2. The van der Waals surface area contributed by atoms with E-state index in [1.165, 1.54) is 24.5 Å². The number of halogens is 2. The maximum atomic E-state index is 13.3. The zero-order chi connectivity index (χ0) is 12.3. The summed E-state index contributed by atoms with van der Waals surface area (Å²) in [6.45, 7) is 0. The second-order valence-electron chi connectivity index (χ2n) is 3.13. The lowest BCUT2D eigenvalue weighted by Crippen LogP contribution is -1.98. The van der Waals surface area contributed by atoms with E-state index in [1.807, 2.05) is 0 Å². The Morgan fingerprint density at radius 1 is 1.35 bits per heavy atom. The van der Waals surface area contributed by atoms with Crippen molar-refractivity contribution in [2.45, 2.75) is 0 Å². The van der Waals surface area contributed by atoms with Gasteiger partial charge in [0, 0.05) is 6.07 Å². The number of nitrogens with one attached hydrogen (secondary N) is 1. The molecule has 0 amide bonds. The SMILES string of the molecule is N#Cc1c(F)cccc1Nc1cc(Cl)ncn1. The Morgan fingerprint density at radius 2 is 2.18 bits per heavy atom. The molecule has 1 N–H and O–H groups in total. The van der Waals surface area contributed by atoms with E-state index >= 15 is 0 Å². The maximum Gasteiger partial charge on any atom is 0.143 e. The molecule has 0 atom stereocenters. The minimum absolute atomic E-state index is 0.0674. The van der Waals surface area contributed by atoms with Gasteiger partial charge in [0.15, 0.2) is 0 Å². The third kappa shape index (κ3) is 2.49. The molecule has 0 bridgehead atoms. The molecule has 2 rings (SSSR count). The number of nitriles is 1. The van der Waals surface area contributed by atoms with Crippen molar-refractivity contribution in [3.63, 3.8) is 0 Å². The van der Waals surface area contributed by atoms with Crippen LogP contribution in [0.25, 0.3) is 0 Å². The predicted octanol–water partition coefficient (Wildman–Crippen LogP) is 2.88. The molecule has 2 aromatic rings. The Hall–Kier alpha value is -2.19. The van der Waals surface area contributed by atoms with Gasteiger partial charge in [-0.3, -0.25) is 0 Å². The Labute approximate surface area is 102 Å². The van der Waals surface area contributed by atoms with Crippen LogP contribution in [0, 0.1) is 17.1 Å². The van der Waals surface area contributed by atoms with E-state index in [0.717, 1.165) is 0 Å². The number of benzene rings is 1. The first-order valence-electron chi connectivity index (χ1n) is 4.64. The molecule has 1 aromatic carbocycles. The highest BCUT2D eigenvalue weighted by molar-refractivity contribution is 6.29. The average Bonchev–Trinajstić information content (AvgIpc) is 2.29. The third-order valence-electron chi connectivity index (χ3n) is 2.02. The van der Waals surface area contributed by atoms with Crippen LogP contribution in [0.3, 0.4) is 0 Å². The van der Waals surface area contributed by atoms with Gasteiger partial charge in [0.2, 0.25) is 0 Å². The summed E-state index contributed by atoms with van der Waals surface area (Å²) in [7, 11) is 0. The fraction of sp³-hybridized carbons (Fsp3) is 0. The zero-order valence-electron chi connectivity index (χ0n) is 8.48. The van der Waals surface area contributed by atoms with E-state index in [4.69, 9.17) is 16.9 Å². The molecule has 0 fully saturated rings. The van der Waals surface area contributed by atoms with Gasteiger partial charge in [-0.2, -0.15) is 5.26 Å². The van der Waals surface area contributed by atoms with Crippen LogP contribution in [-0.2, 0) is 0 Å². The molecule has 0 radical (unpaired) electrons. The van der Waals surface area contributed by atoms with Gasteiger partial charge in [-0.15, -0.1) is 0 Å². The molecule has 0 spiro atoms. The van der Waals surface area contributed by atoms with Crippen LogP contribution in [0.5, 0.6) is 0 Å². The Bertz CT molecular complexity index is 594. The largest absolute Gasteiger partial charge is 0.339 e. The number of hydrogen-bond acceptors (Lipinski definition) is 4. The molecule has 0 aliphatic carbocycles. The normalized spacial score (nSPS) is 9.71. The van der Waals surface area contributed by atoms with Gasteiger partial charge in [0.25, 0.3) is 0 Å². The molecule has 0 saturated carbocycles. The highest BCUT2D eigenvalue weighted by Crippen LogP contribution is 2.22. The smallest absolute Gasteiger partial charge is 0.143 e. The van der Waals surface area contributed by atoms with E-state index in [-0.39, 0.29) is 10.7 Å². The molecule has 1 aromatic heterocycles. The molecule has 6 heteroatoms. The molecule has 0 unspecified atom stereocenters. The molecule has 0 aliphatic heterocycles. The van der Waals surface area contributed by atoms with Crippen LogP contribution in [0.2, 0.25) is 5.15 Å². The van der Waals surface area contributed by atoms with Crippen molar-refractivity contribution in [2.75, 3.05) is 5.32 Å². The quantitative estimate of drug-likeness (QED) is 0.830. The van der Waals surface area contributed by atoms with Crippen molar-refractivity contribution in [2.24, 2.45) is 0 Å². The van der Waals surface area contributed by atoms with E-state index in [9.17, 15) is 4.39 Å². The first-order chi connectivity index (χ1) is 8.20. The predicted molar refractivity (Wildman–Crippen MR) is 61.4 cm³/mol. The van der Waals surface area contributed by atoms with Gasteiger partial charge < -0.3 is 5.32 Å². The second-order valence-corrected chi connectivity index (χ2v) is 3.51. The van der Waals surface area contributed by atoms with E-state index < -0.39 is 5.82 Å². The Balaban J connectivity index is 2.37. The lowest BCUT2D eigenvalue weighted by molar-refractivity contribution is 0.624. The Kier molecular flexibility index (Phi) is 3.17. The van der Waals surface area contributed by atoms with Crippen LogP contribution in [0.15, 0.2) is 30.6 Å². The van der Waals surface area contributed by atoms with Crippen molar-refractivity contribution in [3.05, 3.63) is 47.1 Å². The number of hydrogen-bond donors (Lipinski definition) is 1. The molecule has 4 nitrogen and oxygen atoms in total. The summed E-state index contributed by atoms with van der Waals surface area (Å²) in [5, 5.41) is 11.9. The lowest BCUT2D eigenvalue weighted by atomic mass is 10.2. The highest BCUT2D eigenvalue weighted by atomic mass is 35.5. The van der Waals surface area contributed by atoms with Crippen molar-refractivity contribution in [3.8, 4) is 6.07 Å². The molecule has 17 heavy (non-hydrogen) atoms. The van der Waals surface area contributed by atoms with Gasteiger partial charge >= 0.3 is 0 Å². The van der Waals surface area contributed by atoms with E-state index in [0.29, 0.717) is 11.5 Å². The number of aromatic nitrogens is 2. The summed E-state index contributed by atoms with van der Waals surface area (Å²) in [5.41, 5.74) is 0.268. The monoisotopic (exact) mass is 248 g/mol. The second kappa shape index (κ2) is 4.76. The van der Waals surface area contributed by atoms with Gasteiger partial charge in [0.1, 0.15) is 34.7 Å². The molecular formula is C11H6ClFN4. The van der Waals surface area contributed by atoms with Gasteiger partial charge in [-0.25, -0.2) is 14.4 Å². The van der Waals surface area contributed by atoms with Gasteiger partial charge in [0.05, 0.1) is 5.69 Å². The first kappa shape index (κ1) is 11.3. The summed E-state index contributed by atoms with van der Waals surface area (Å²) >= 11 is 5.69. The lowest BCUT2D eigenvalue weighted by Gasteiger charge is -2.07. The number of rotatable bonds is 2. The molecule has 0 aliphatic rings. The van der Waals surface area contributed by atoms with Crippen LogP contribution < -0.4 is 5.32 Å². The van der Waals surface area contributed by atoms with Crippen LogP contribution in [0.1, 0.15) is 5.56 Å². The minimum atomic E-state index is -0.586. The topological polar surface area (TPSA) is 61.6 Å². The van der Waals surface area contributed by atoms with Gasteiger partial charge in [-0.05, 0) is 12.1 Å². The average molecular weight is 249 g/mol. The summed E-state index contributed by atoms with van der Waals surface area (Å²) < 4.78 is 13.3. The molecule has 1 heterocycles. The van der Waals surface area contributed by atoms with Crippen LogP contribution in [0.4, 0.5) is 15.9 Å². The minimum Gasteiger partial charge on any atom is -0.339 e. The first-order valence-corrected chi connectivity index (χ1v) is 5.01.